The molecule has 2 unspecified atom stereocenters. The van der Waals surface area contributed by atoms with Crippen LogP contribution in [0.25, 0.3) is 0 Å². The number of benzene rings is 1. The Kier molecular flexibility index (Phi) is 7.75. The summed E-state index contributed by atoms with van der Waals surface area (Å²) in [6.07, 6.45) is 1.01. The van der Waals surface area contributed by atoms with E-state index >= 15 is 0 Å². The summed E-state index contributed by atoms with van der Waals surface area (Å²) in [5, 5.41) is 3.32. The van der Waals surface area contributed by atoms with Crippen molar-refractivity contribution in [2.45, 2.75) is 38.8 Å². The molecular formula is C17H27ClFIN4. The number of nitrogens with zero attached hydrogens (tertiary/aromatic N) is 2. The molecule has 1 fully saturated rings. The summed E-state index contributed by atoms with van der Waals surface area (Å²) in [7, 11) is 2.05. The second-order valence-corrected chi connectivity index (χ2v) is 7.66. The van der Waals surface area contributed by atoms with Gasteiger partial charge in [0, 0.05) is 18.1 Å². The molecule has 0 aliphatic carbocycles. The van der Waals surface area contributed by atoms with Crippen LogP contribution >= 0.6 is 35.6 Å². The van der Waals surface area contributed by atoms with Gasteiger partial charge in [0.05, 0.1) is 5.02 Å². The maximum absolute atomic E-state index is 13.8. The van der Waals surface area contributed by atoms with Crippen molar-refractivity contribution >= 4 is 41.5 Å². The highest BCUT2D eigenvalue weighted by molar-refractivity contribution is 14.0. The highest BCUT2D eigenvalue weighted by Gasteiger charge is 2.33. The molecule has 1 heterocycles. The molecule has 1 aromatic carbocycles. The molecule has 1 aliphatic heterocycles. The number of likely N-dealkylation sites (tertiary alicyclic amines) is 1. The average Bonchev–Trinajstić information content (AvgIpc) is 2.79. The van der Waals surface area contributed by atoms with Crippen molar-refractivity contribution in [3.63, 3.8) is 0 Å². The van der Waals surface area contributed by atoms with Gasteiger partial charge in [-0.3, -0.25) is 9.89 Å². The van der Waals surface area contributed by atoms with Gasteiger partial charge in [-0.15, -0.1) is 24.0 Å². The molecule has 0 aromatic heterocycles. The molecule has 0 bridgehead atoms. The first-order valence-electron chi connectivity index (χ1n) is 7.90. The fraction of sp³-hybridized carbons (Fsp3) is 0.588. The average molecular weight is 469 g/mol. The topological polar surface area (TPSA) is 53.6 Å². The molecule has 2 rings (SSSR count). The van der Waals surface area contributed by atoms with Crippen LogP contribution in [0, 0.1) is 11.7 Å². The monoisotopic (exact) mass is 468 g/mol. The molecule has 1 saturated heterocycles. The Morgan fingerprint density at radius 1 is 1.46 bits per heavy atom. The minimum atomic E-state index is -0.374. The van der Waals surface area contributed by atoms with E-state index in [1.54, 1.807) is 6.07 Å². The fourth-order valence-electron chi connectivity index (χ4n) is 3.08. The maximum Gasteiger partial charge on any atom is 0.188 e. The van der Waals surface area contributed by atoms with Crippen LogP contribution in [0.2, 0.25) is 5.02 Å². The first-order chi connectivity index (χ1) is 10.7. The minimum absolute atomic E-state index is 0. The second kappa shape index (κ2) is 8.67. The zero-order chi connectivity index (χ0) is 17.2. The summed E-state index contributed by atoms with van der Waals surface area (Å²) in [5.41, 5.74) is 6.78. The van der Waals surface area contributed by atoms with Crippen LogP contribution in [0.1, 0.15) is 38.8 Å². The first kappa shape index (κ1) is 21.4. The molecule has 1 aromatic rings. The summed E-state index contributed by atoms with van der Waals surface area (Å²) in [4.78, 5) is 6.71. The van der Waals surface area contributed by atoms with Crippen LogP contribution < -0.4 is 11.1 Å². The summed E-state index contributed by atoms with van der Waals surface area (Å²) >= 11 is 5.79. The van der Waals surface area contributed by atoms with E-state index in [9.17, 15) is 4.39 Å². The van der Waals surface area contributed by atoms with Crippen molar-refractivity contribution in [2.75, 3.05) is 20.1 Å². The van der Waals surface area contributed by atoms with Crippen LogP contribution in [0.5, 0.6) is 0 Å². The van der Waals surface area contributed by atoms with E-state index in [-0.39, 0.29) is 46.4 Å². The van der Waals surface area contributed by atoms with Gasteiger partial charge < -0.3 is 11.1 Å². The summed E-state index contributed by atoms with van der Waals surface area (Å²) in [5.74, 6) is 0.384. The number of hydrogen-bond donors (Lipinski definition) is 2. The smallest absolute Gasteiger partial charge is 0.188 e. The van der Waals surface area contributed by atoms with Gasteiger partial charge in [-0.05, 0) is 64.4 Å². The molecule has 4 nitrogen and oxygen atoms in total. The predicted octanol–water partition coefficient (Wildman–Crippen LogP) is 3.79. The van der Waals surface area contributed by atoms with Gasteiger partial charge in [-0.25, -0.2) is 4.39 Å². The Hall–Kier alpha value is -0.600. The van der Waals surface area contributed by atoms with E-state index in [2.05, 4.69) is 22.3 Å². The van der Waals surface area contributed by atoms with Crippen molar-refractivity contribution in [1.82, 2.24) is 10.2 Å². The highest BCUT2D eigenvalue weighted by Crippen LogP contribution is 2.37. The number of nitrogens with two attached hydrogens (primary N) is 1. The molecule has 7 heteroatoms. The number of nitrogens with one attached hydrogen (secondary N) is 1. The van der Waals surface area contributed by atoms with Crippen molar-refractivity contribution in [3.8, 4) is 0 Å². The molecule has 3 N–H and O–H groups in total. The van der Waals surface area contributed by atoms with Crippen LogP contribution in [0.4, 0.5) is 4.39 Å². The van der Waals surface area contributed by atoms with Gasteiger partial charge in [0.15, 0.2) is 5.96 Å². The maximum atomic E-state index is 13.8. The van der Waals surface area contributed by atoms with Crippen LogP contribution in [-0.2, 0) is 0 Å². The van der Waals surface area contributed by atoms with Crippen LogP contribution in [0.3, 0.4) is 0 Å². The quantitative estimate of drug-likeness (QED) is 0.403. The lowest BCUT2D eigenvalue weighted by Crippen LogP contribution is -2.45. The second-order valence-electron chi connectivity index (χ2n) is 7.25. The normalized spacial score (nSPS) is 22.3. The number of halogens is 3. The zero-order valence-corrected chi connectivity index (χ0v) is 17.7. The van der Waals surface area contributed by atoms with E-state index in [0.29, 0.717) is 18.4 Å². The van der Waals surface area contributed by atoms with E-state index in [1.807, 2.05) is 26.8 Å². The lowest BCUT2D eigenvalue weighted by atomic mass is 9.94. The third kappa shape index (κ3) is 5.74. The number of guanidine groups is 1. The van der Waals surface area contributed by atoms with Gasteiger partial charge >= 0.3 is 0 Å². The van der Waals surface area contributed by atoms with Gasteiger partial charge in [-0.2, -0.15) is 0 Å². The first-order valence-corrected chi connectivity index (χ1v) is 8.28. The Labute approximate surface area is 166 Å². The third-order valence-corrected chi connectivity index (χ3v) is 4.36. The summed E-state index contributed by atoms with van der Waals surface area (Å²) in [6, 6.07) is 5.18. The van der Waals surface area contributed by atoms with E-state index in [0.717, 1.165) is 18.5 Å². The van der Waals surface area contributed by atoms with E-state index in [4.69, 9.17) is 17.3 Å². The molecule has 0 saturated carbocycles. The van der Waals surface area contributed by atoms with E-state index < -0.39 is 0 Å². The summed E-state index contributed by atoms with van der Waals surface area (Å²) in [6.45, 7) is 7.70. The van der Waals surface area contributed by atoms with Crippen molar-refractivity contribution in [3.05, 3.63) is 34.6 Å². The molecule has 1 aliphatic rings. The van der Waals surface area contributed by atoms with Crippen LogP contribution in [-0.4, -0.2) is 36.5 Å². The SMILES string of the molecule is CN1CCC(CN=C(N)NC(C)(C)C)C1c1ccc(Cl)c(F)c1.I. The van der Waals surface area contributed by atoms with Gasteiger partial charge in [0.2, 0.25) is 0 Å². The minimum Gasteiger partial charge on any atom is -0.370 e. The standard InChI is InChI=1S/C17H26ClFN4.HI/c1-17(2,3)22-16(20)21-10-12-7-8-23(4)15(12)11-5-6-13(18)14(19)9-11;/h5-6,9,12,15H,7-8,10H2,1-4H3,(H3,20,21,22);1H. The van der Waals surface area contributed by atoms with Gasteiger partial charge in [-0.1, -0.05) is 17.7 Å². The third-order valence-electron chi connectivity index (χ3n) is 4.06. The van der Waals surface area contributed by atoms with Crippen LogP contribution in [0.15, 0.2) is 23.2 Å². The summed E-state index contributed by atoms with van der Waals surface area (Å²) < 4.78 is 13.8. The van der Waals surface area contributed by atoms with Gasteiger partial charge in [0.25, 0.3) is 0 Å². The largest absolute Gasteiger partial charge is 0.370 e. The molecule has 0 spiro atoms. The Morgan fingerprint density at radius 2 is 2.12 bits per heavy atom. The Bertz CT molecular complexity index is 588. The fourth-order valence-corrected chi connectivity index (χ4v) is 3.20. The molecule has 2 atom stereocenters. The van der Waals surface area contributed by atoms with Crippen molar-refractivity contribution in [1.29, 1.82) is 0 Å². The number of aliphatic imine (C=N–C) groups is 1. The van der Waals surface area contributed by atoms with Crippen molar-refractivity contribution < 1.29 is 4.39 Å². The lowest BCUT2D eigenvalue weighted by molar-refractivity contribution is 0.279. The van der Waals surface area contributed by atoms with Crippen molar-refractivity contribution in [2.24, 2.45) is 16.6 Å². The highest BCUT2D eigenvalue weighted by atomic mass is 127. The zero-order valence-electron chi connectivity index (χ0n) is 14.6. The van der Waals surface area contributed by atoms with E-state index in [1.165, 1.54) is 6.07 Å². The number of hydrogen-bond acceptors (Lipinski definition) is 2. The molecule has 136 valence electrons. The lowest BCUT2D eigenvalue weighted by Gasteiger charge is -2.25. The number of rotatable bonds is 3. The molecule has 0 amide bonds. The molecule has 24 heavy (non-hydrogen) atoms. The molecular weight excluding hydrogens is 442 g/mol. The van der Waals surface area contributed by atoms with Gasteiger partial charge in [0.1, 0.15) is 5.82 Å². The Morgan fingerprint density at radius 3 is 2.71 bits per heavy atom. The predicted molar refractivity (Wildman–Crippen MR) is 110 cm³/mol. The molecule has 0 radical (unpaired) electrons. The Balaban J connectivity index is 0.00000288.